The van der Waals surface area contributed by atoms with Crippen molar-refractivity contribution in [2.24, 2.45) is 0 Å². The van der Waals surface area contributed by atoms with Gasteiger partial charge < -0.3 is 4.74 Å². The topological polar surface area (TPSA) is 86.1 Å². The van der Waals surface area contributed by atoms with Gasteiger partial charge in [-0.25, -0.2) is 8.42 Å². The third kappa shape index (κ3) is 3.29. The molecule has 116 valence electrons. The van der Waals surface area contributed by atoms with Crippen LogP contribution in [0, 0.1) is 0 Å². The summed E-state index contributed by atoms with van der Waals surface area (Å²) in [5.74, 6) is 0.716. The Morgan fingerprint density at radius 3 is 2.36 bits per heavy atom. The average molecular weight is 341 g/mol. The molecule has 22 heavy (non-hydrogen) atoms. The lowest BCUT2D eigenvalue weighted by atomic mass is 10.3. The molecule has 0 saturated carbocycles. The Hall–Kier alpha value is -2.32. The van der Waals surface area contributed by atoms with Gasteiger partial charge in [-0.1, -0.05) is 0 Å². The van der Waals surface area contributed by atoms with Crippen LogP contribution >= 0.6 is 12.4 Å². The van der Waals surface area contributed by atoms with Gasteiger partial charge in [-0.2, -0.15) is 4.80 Å². The lowest BCUT2D eigenvalue weighted by molar-refractivity contribution is 0.415. The molecule has 0 aliphatic carbocycles. The molecule has 0 aliphatic heterocycles. The van der Waals surface area contributed by atoms with E-state index in [-0.39, 0.29) is 12.4 Å². The third-order valence-corrected chi connectivity index (χ3v) is 3.35. The molecule has 9 heteroatoms. The number of nitrogens with zero attached hydrogens (tertiary/aromatic N) is 3. The zero-order valence-corrected chi connectivity index (χ0v) is 13.2. The van der Waals surface area contributed by atoms with E-state index in [2.05, 4.69) is 14.9 Å². The first kappa shape index (κ1) is 16.1. The zero-order valence-electron chi connectivity index (χ0n) is 11.5. The van der Waals surface area contributed by atoms with Gasteiger partial charge in [-0.3, -0.25) is 4.72 Å². The Morgan fingerprint density at radius 1 is 1.05 bits per heavy atom. The highest BCUT2D eigenvalue weighted by atomic mass is 35.5. The largest absolute Gasteiger partial charge is 0.497 e. The molecular weight excluding hydrogens is 328 g/mol. The number of thiol groups is 1. The van der Waals surface area contributed by atoms with Gasteiger partial charge in [0.25, 0.3) is 0 Å². The molecule has 1 aromatic heterocycles. The summed E-state index contributed by atoms with van der Waals surface area (Å²) in [6.45, 7) is 0. The van der Waals surface area contributed by atoms with Gasteiger partial charge >= 0.3 is 0 Å². The zero-order chi connectivity index (χ0) is 14.8. The summed E-state index contributed by atoms with van der Waals surface area (Å²) in [7, 11) is -1.07. The summed E-state index contributed by atoms with van der Waals surface area (Å²) in [4.78, 5) is 1.49. The van der Waals surface area contributed by atoms with Crippen molar-refractivity contribution < 1.29 is 13.2 Å². The van der Waals surface area contributed by atoms with E-state index in [0.717, 1.165) is 16.7 Å². The molecule has 2 aromatic carbocycles. The summed E-state index contributed by atoms with van der Waals surface area (Å²) in [5, 5.41) is 8.73. The lowest BCUT2D eigenvalue weighted by Crippen LogP contribution is -1.99. The normalized spacial score (nSPS) is 10.5. The van der Waals surface area contributed by atoms with E-state index >= 15 is 0 Å². The van der Waals surface area contributed by atoms with E-state index in [4.69, 9.17) is 4.74 Å². The van der Waals surface area contributed by atoms with E-state index in [1.54, 1.807) is 37.4 Å². The van der Waals surface area contributed by atoms with Crippen LogP contribution in [-0.2, 0) is 10.9 Å². The molecule has 3 rings (SSSR count). The second-order valence-corrected chi connectivity index (χ2v) is 5.00. The van der Waals surface area contributed by atoms with Crippen molar-refractivity contribution in [3.8, 4) is 11.4 Å². The molecule has 0 fully saturated rings. The number of halogens is 1. The first-order valence-corrected chi connectivity index (χ1v) is 7.26. The van der Waals surface area contributed by atoms with Crippen molar-refractivity contribution in [1.29, 1.82) is 0 Å². The van der Waals surface area contributed by atoms with Crippen molar-refractivity contribution in [3.05, 3.63) is 42.5 Å². The predicted octanol–water partition coefficient (Wildman–Crippen LogP) is 1.79. The molecule has 3 aromatic rings. The van der Waals surface area contributed by atoms with Crippen LogP contribution in [0.1, 0.15) is 0 Å². The quantitative estimate of drug-likeness (QED) is 0.707. The minimum Gasteiger partial charge on any atom is -0.497 e. The number of hydrogen-bond acceptors (Lipinski definition) is 5. The Morgan fingerprint density at radius 2 is 1.73 bits per heavy atom. The first-order valence-electron chi connectivity index (χ1n) is 6.08. The van der Waals surface area contributed by atoms with Crippen molar-refractivity contribution in [2.75, 3.05) is 11.8 Å². The second-order valence-electron chi connectivity index (χ2n) is 4.26. The third-order valence-electron chi connectivity index (χ3n) is 2.91. The van der Waals surface area contributed by atoms with Crippen molar-refractivity contribution in [3.63, 3.8) is 0 Å². The number of ether oxygens (including phenoxy) is 1. The minimum absolute atomic E-state index is 0. The lowest BCUT2D eigenvalue weighted by Gasteiger charge is -2.01. The van der Waals surface area contributed by atoms with E-state index in [0.29, 0.717) is 11.4 Å². The molecule has 1 N–H and O–H groups in total. The van der Waals surface area contributed by atoms with Gasteiger partial charge in [0.15, 0.2) is 0 Å². The van der Waals surface area contributed by atoms with Gasteiger partial charge in [0.1, 0.15) is 16.8 Å². The maximum Gasteiger partial charge on any atom is 0.222 e. The van der Waals surface area contributed by atoms with Crippen LogP contribution in [0.5, 0.6) is 5.75 Å². The number of anilines is 1. The summed E-state index contributed by atoms with van der Waals surface area (Å²) >= 11 is 0. The molecule has 1 heterocycles. The van der Waals surface area contributed by atoms with Crippen LogP contribution in [0.2, 0.25) is 0 Å². The van der Waals surface area contributed by atoms with Gasteiger partial charge in [-0.05, 0) is 36.4 Å². The summed E-state index contributed by atoms with van der Waals surface area (Å²) < 4.78 is 28.6. The SMILES string of the molecule is COc1ccc2nn(-c3ccc(N[SH](=O)=O)cc3)nc2c1.Cl. The van der Waals surface area contributed by atoms with E-state index in [9.17, 15) is 8.42 Å². The van der Waals surface area contributed by atoms with Gasteiger partial charge in [0.05, 0.1) is 12.8 Å². The fourth-order valence-electron chi connectivity index (χ4n) is 1.91. The van der Waals surface area contributed by atoms with Gasteiger partial charge in [0, 0.05) is 11.8 Å². The predicted molar refractivity (Wildman–Crippen MR) is 86.6 cm³/mol. The summed E-state index contributed by atoms with van der Waals surface area (Å²) in [6.07, 6.45) is 0. The van der Waals surface area contributed by atoms with Gasteiger partial charge in [-0.15, -0.1) is 22.6 Å². The van der Waals surface area contributed by atoms with E-state index in [1.807, 2.05) is 12.1 Å². The number of hydrogen-bond donors (Lipinski definition) is 2. The Kier molecular flexibility index (Phi) is 4.84. The van der Waals surface area contributed by atoms with Crippen LogP contribution in [0.3, 0.4) is 0 Å². The Labute approximate surface area is 134 Å². The number of aromatic nitrogens is 3. The van der Waals surface area contributed by atoms with Crippen LogP contribution in [0.15, 0.2) is 42.5 Å². The number of nitrogens with one attached hydrogen (secondary N) is 1. The number of benzene rings is 2. The smallest absolute Gasteiger partial charge is 0.222 e. The number of fused-ring (bicyclic) bond motifs is 1. The van der Waals surface area contributed by atoms with Crippen molar-refractivity contribution >= 4 is 40.0 Å². The standard InChI is InChI=1S/C13H12N4O3S.ClH/c1-20-11-6-7-12-13(8-11)15-17(14-12)10-4-2-9(3-5-10)16-21(18)19;/h2-8,21H,1H3,(H,16,18,19);1H. The second kappa shape index (κ2) is 6.63. The number of methoxy groups -OCH3 is 1. The molecule has 7 nitrogen and oxygen atoms in total. The van der Waals surface area contributed by atoms with Crippen LogP contribution < -0.4 is 9.46 Å². The van der Waals surface area contributed by atoms with Gasteiger partial charge in [0.2, 0.25) is 10.9 Å². The van der Waals surface area contributed by atoms with E-state index < -0.39 is 10.9 Å². The average Bonchev–Trinajstić information content (AvgIpc) is 2.90. The van der Waals surface area contributed by atoms with Crippen LogP contribution in [-0.4, -0.2) is 30.5 Å². The maximum absolute atomic E-state index is 10.6. The fraction of sp³-hybridized carbons (Fsp3) is 0.0769. The number of rotatable bonds is 4. The van der Waals surface area contributed by atoms with E-state index in [1.165, 1.54) is 4.80 Å². The van der Waals surface area contributed by atoms with Crippen LogP contribution in [0.25, 0.3) is 16.7 Å². The molecule has 0 spiro atoms. The van der Waals surface area contributed by atoms with Crippen molar-refractivity contribution in [2.45, 2.75) is 0 Å². The molecule has 0 bridgehead atoms. The Bertz CT molecular complexity index is 853. The summed E-state index contributed by atoms with van der Waals surface area (Å²) in [5.41, 5.74) is 2.70. The molecule has 0 saturated heterocycles. The highest BCUT2D eigenvalue weighted by Crippen LogP contribution is 2.19. The fourth-order valence-corrected chi connectivity index (χ4v) is 2.27. The highest BCUT2D eigenvalue weighted by Gasteiger charge is 2.06. The molecule has 0 radical (unpaired) electrons. The molecule has 0 amide bonds. The molecule has 0 unspecified atom stereocenters. The molecule has 0 atom stereocenters. The molecular formula is C13H13ClN4O3S. The molecule has 0 aliphatic rings. The van der Waals surface area contributed by atoms with Crippen molar-refractivity contribution in [1.82, 2.24) is 15.0 Å². The Balaban J connectivity index is 0.00000176. The summed E-state index contributed by atoms with van der Waals surface area (Å²) in [6, 6.07) is 12.2. The van der Waals surface area contributed by atoms with Crippen LogP contribution in [0.4, 0.5) is 5.69 Å². The minimum atomic E-state index is -2.66. The first-order chi connectivity index (χ1) is 10.2. The highest BCUT2D eigenvalue weighted by molar-refractivity contribution is 7.73. The monoisotopic (exact) mass is 340 g/mol. The maximum atomic E-state index is 10.6.